The van der Waals surface area contributed by atoms with Crippen molar-refractivity contribution in [1.29, 1.82) is 0 Å². The molecule has 0 bridgehead atoms. The van der Waals surface area contributed by atoms with Crippen LogP contribution in [0.5, 0.6) is 5.75 Å². The predicted octanol–water partition coefficient (Wildman–Crippen LogP) is -0.958. The number of nitrogens with one attached hydrogen (secondary N) is 2. The first-order valence-electron chi connectivity index (χ1n) is 9.87. The molecule has 2 fully saturated rings. The highest BCUT2D eigenvalue weighted by molar-refractivity contribution is 7.89. The maximum Gasteiger partial charge on any atom is 0.243 e. The number of hydrogen-bond acceptors (Lipinski definition) is 3. The molecule has 2 aliphatic rings. The fourth-order valence-electron chi connectivity index (χ4n) is 4.36. The topological polar surface area (TPSA) is 55.5 Å². The normalized spacial score (nSPS) is 25.9. The second-order valence-corrected chi connectivity index (χ2v) is 9.45. The second-order valence-electron chi connectivity index (χ2n) is 7.51. The van der Waals surface area contributed by atoms with Crippen LogP contribution in [0, 0.1) is 0 Å². The molecular weight excluding hydrogens is 350 g/mol. The van der Waals surface area contributed by atoms with Crippen molar-refractivity contribution in [2.75, 3.05) is 52.9 Å². The van der Waals surface area contributed by atoms with E-state index in [-0.39, 0.29) is 0 Å². The number of likely N-dealkylation sites (tertiary alicyclic amines) is 1. The third-order valence-electron chi connectivity index (χ3n) is 5.94. The molecule has 1 aromatic carbocycles. The number of piperidine rings is 1. The fourth-order valence-corrected chi connectivity index (χ4v) is 5.80. The van der Waals surface area contributed by atoms with Crippen LogP contribution in [0.3, 0.4) is 0 Å². The Kier molecular flexibility index (Phi) is 6.55. The molecule has 0 atom stereocenters. The van der Waals surface area contributed by atoms with Gasteiger partial charge in [0, 0.05) is 12.8 Å². The number of methoxy groups -OCH3 is 1. The standard InChI is InChI=1S/C19H31N3O3S/c1-3-10-20-11-8-17(9-12-20)21-13-15-22(16-14-21)26(23,24)19-6-4-18(25-2)5-7-19/h4-7,17H,3,8-16H2,1-2H3/p+2. The SMILES string of the molecule is CCC[NH+]1CCC([NH+]2CCN(S(=O)(=O)c3ccc(OC)cc3)CC2)CC1. The van der Waals surface area contributed by atoms with Crippen molar-refractivity contribution in [3.63, 3.8) is 0 Å². The van der Waals surface area contributed by atoms with E-state index in [2.05, 4.69) is 6.92 Å². The first-order valence-corrected chi connectivity index (χ1v) is 11.3. The van der Waals surface area contributed by atoms with Gasteiger partial charge in [-0.3, -0.25) is 0 Å². The molecule has 2 aliphatic heterocycles. The molecule has 26 heavy (non-hydrogen) atoms. The highest BCUT2D eigenvalue weighted by Crippen LogP contribution is 2.19. The van der Waals surface area contributed by atoms with E-state index in [1.807, 2.05) is 0 Å². The largest absolute Gasteiger partial charge is 0.497 e. The van der Waals surface area contributed by atoms with E-state index >= 15 is 0 Å². The minimum atomic E-state index is -3.40. The smallest absolute Gasteiger partial charge is 0.243 e. The Balaban J connectivity index is 1.54. The first kappa shape index (κ1) is 19.6. The number of hydrogen-bond donors (Lipinski definition) is 2. The van der Waals surface area contributed by atoms with Gasteiger partial charge >= 0.3 is 0 Å². The van der Waals surface area contributed by atoms with Crippen molar-refractivity contribution in [1.82, 2.24) is 4.31 Å². The Morgan fingerprint density at radius 2 is 1.69 bits per heavy atom. The molecule has 146 valence electrons. The number of nitrogens with zero attached hydrogens (tertiary/aromatic N) is 1. The molecule has 6 nitrogen and oxygen atoms in total. The average Bonchev–Trinajstić information content (AvgIpc) is 2.69. The number of sulfonamides is 1. The van der Waals surface area contributed by atoms with Crippen LogP contribution in [-0.4, -0.2) is 71.7 Å². The molecule has 2 saturated heterocycles. The summed E-state index contributed by atoms with van der Waals surface area (Å²) in [4.78, 5) is 3.70. The maximum atomic E-state index is 12.9. The monoisotopic (exact) mass is 383 g/mol. The zero-order chi connectivity index (χ0) is 18.6. The quantitative estimate of drug-likeness (QED) is 0.666. The second kappa shape index (κ2) is 8.69. The third kappa shape index (κ3) is 4.39. The third-order valence-corrected chi connectivity index (χ3v) is 7.85. The maximum absolute atomic E-state index is 12.9. The first-order chi connectivity index (χ1) is 12.5. The van der Waals surface area contributed by atoms with E-state index in [1.54, 1.807) is 45.5 Å². The lowest BCUT2D eigenvalue weighted by molar-refractivity contribution is -0.959. The van der Waals surface area contributed by atoms with Crippen molar-refractivity contribution < 1.29 is 23.0 Å². The summed E-state index contributed by atoms with van der Waals surface area (Å²) in [6.07, 6.45) is 3.81. The molecule has 0 amide bonds. The summed E-state index contributed by atoms with van der Waals surface area (Å²) in [6.45, 7) is 9.16. The molecule has 0 unspecified atom stereocenters. The highest BCUT2D eigenvalue weighted by atomic mass is 32.2. The number of rotatable bonds is 6. The van der Waals surface area contributed by atoms with Crippen molar-refractivity contribution in [3.05, 3.63) is 24.3 Å². The van der Waals surface area contributed by atoms with Crippen LogP contribution in [0.2, 0.25) is 0 Å². The average molecular weight is 384 g/mol. The fraction of sp³-hybridized carbons (Fsp3) is 0.684. The van der Waals surface area contributed by atoms with Gasteiger partial charge in [-0.25, -0.2) is 8.42 Å². The zero-order valence-electron chi connectivity index (χ0n) is 16.0. The van der Waals surface area contributed by atoms with Crippen LogP contribution in [0.25, 0.3) is 0 Å². The van der Waals surface area contributed by atoms with Gasteiger partial charge in [0.2, 0.25) is 10.0 Å². The summed E-state index contributed by atoms with van der Waals surface area (Å²) < 4.78 is 32.5. The molecule has 2 N–H and O–H groups in total. The molecule has 0 aliphatic carbocycles. The van der Waals surface area contributed by atoms with Crippen LogP contribution in [-0.2, 0) is 10.0 Å². The summed E-state index contributed by atoms with van der Waals surface area (Å²) in [6, 6.07) is 7.40. The van der Waals surface area contributed by atoms with Crippen molar-refractivity contribution in [2.45, 2.75) is 37.1 Å². The Morgan fingerprint density at radius 1 is 1.08 bits per heavy atom. The summed E-state index contributed by atoms with van der Waals surface area (Å²) in [5.74, 6) is 0.676. The Bertz CT molecular complexity index is 662. The minimum absolute atomic E-state index is 0.359. The summed E-state index contributed by atoms with van der Waals surface area (Å²) in [5, 5.41) is 0. The molecule has 2 heterocycles. The number of quaternary nitrogens is 2. The van der Waals surface area contributed by atoms with Crippen molar-refractivity contribution in [3.8, 4) is 5.75 Å². The predicted molar refractivity (Wildman–Crippen MR) is 101 cm³/mol. The Hall–Kier alpha value is -1.15. The van der Waals surface area contributed by atoms with Crippen molar-refractivity contribution in [2.24, 2.45) is 0 Å². The van der Waals surface area contributed by atoms with Gasteiger partial charge in [0.05, 0.1) is 63.9 Å². The molecule has 7 heteroatoms. The van der Waals surface area contributed by atoms with Crippen LogP contribution in [0.4, 0.5) is 0 Å². The van der Waals surface area contributed by atoms with E-state index in [1.165, 1.54) is 38.9 Å². The van der Waals surface area contributed by atoms with Gasteiger partial charge in [-0.1, -0.05) is 6.92 Å². The van der Waals surface area contributed by atoms with Gasteiger partial charge in [0.25, 0.3) is 0 Å². The molecule has 0 saturated carbocycles. The lowest BCUT2D eigenvalue weighted by Crippen LogP contribution is -3.22. The molecular formula is C19H33N3O3S+2. The van der Waals surface area contributed by atoms with E-state index in [0.717, 1.165) is 13.1 Å². The molecule has 0 radical (unpaired) electrons. The van der Waals surface area contributed by atoms with Crippen LogP contribution >= 0.6 is 0 Å². The van der Waals surface area contributed by atoms with Gasteiger partial charge in [0.1, 0.15) is 5.75 Å². The van der Waals surface area contributed by atoms with E-state index < -0.39 is 10.0 Å². The number of benzene rings is 1. The van der Waals surface area contributed by atoms with Crippen LogP contribution in [0.1, 0.15) is 26.2 Å². The number of piperazine rings is 1. The molecule has 0 spiro atoms. The molecule has 1 aromatic rings. The van der Waals surface area contributed by atoms with Gasteiger partial charge in [0.15, 0.2) is 0 Å². The Labute approximate surface area is 157 Å². The highest BCUT2D eigenvalue weighted by Gasteiger charge is 2.35. The van der Waals surface area contributed by atoms with E-state index in [4.69, 9.17) is 4.74 Å². The van der Waals surface area contributed by atoms with Gasteiger partial charge in [-0.2, -0.15) is 4.31 Å². The summed E-state index contributed by atoms with van der Waals surface area (Å²) in [7, 11) is -1.81. The number of ether oxygens (including phenoxy) is 1. The summed E-state index contributed by atoms with van der Waals surface area (Å²) >= 11 is 0. The zero-order valence-corrected chi connectivity index (χ0v) is 16.9. The van der Waals surface area contributed by atoms with Gasteiger partial charge in [-0.05, 0) is 30.7 Å². The minimum Gasteiger partial charge on any atom is -0.497 e. The van der Waals surface area contributed by atoms with Gasteiger partial charge in [-0.15, -0.1) is 0 Å². The lowest BCUT2D eigenvalue weighted by atomic mass is 10.0. The lowest BCUT2D eigenvalue weighted by Gasteiger charge is -2.38. The van der Waals surface area contributed by atoms with E-state index in [9.17, 15) is 8.42 Å². The molecule has 3 rings (SSSR count). The van der Waals surface area contributed by atoms with Crippen LogP contribution in [0.15, 0.2) is 29.2 Å². The summed E-state index contributed by atoms with van der Waals surface area (Å²) in [5.41, 5.74) is 0. The van der Waals surface area contributed by atoms with Gasteiger partial charge < -0.3 is 14.5 Å². The van der Waals surface area contributed by atoms with Crippen molar-refractivity contribution >= 4 is 10.0 Å². The molecule has 0 aromatic heterocycles. The van der Waals surface area contributed by atoms with E-state index in [0.29, 0.717) is 29.8 Å². The van der Waals surface area contributed by atoms with Crippen LogP contribution < -0.4 is 14.5 Å². The Morgan fingerprint density at radius 3 is 2.23 bits per heavy atom.